The Hall–Kier alpha value is -2.49. The molecule has 0 amide bonds. The third-order valence-corrected chi connectivity index (χ3v) is 3.08. The summed E-state index contributed by atoms with van der Waals surface area (Å²) >= 11 is 0. The van der Waals surface area contributed by atoms with Crippen LogP contribution in [-0.4, -0.2) is 22.2 Å². The van der Waals surface area contributed by atoms with Crippen LogP contribution in [0.3, 0.4) is 0 Å². The molecule has 0 aliphatic heterocycles. The maximum absolute atomic E-state index is 9.48. The number of phenolic OH excluding ortho intramolecular Hbond substituents is 1. The number of aryl methyl sites for hydroxylation is 1. The normalized spacial score (nSPS) is 10.8. The number of hydrogen-bond donors (Lipinski definition) is 2. The summed E-state index contributed by atoms with van der Waals surface area (Å²) in [5.74, 6) is 1.50. The number of fused-ring (bicyclic) bond motifs is 1. The number of aromatic hydroxyl groups is 1. The maximum Gasteiger partial charge on any atom is 0.142 e. The molecule has 0 fully saturated rings. The zero-order valence-corrected chi connectivity index (χ0v) is 10.8. The van der Waals surface area contributed by atoms with E-state index in [9.17, 15) is 5.11 Å². The average Bonchev–Trinajstić information content (AvgIpc) is 2.81. The summed E-state index contributed by atoms with van der Waals surface area (Å²) < 4.78 is 5.28. The zero-order valence-electron chi connectivity index (χ0n) is 10.8. The van der Waals surface area contributed by atoms with Gasteiger partial charge in [0, 0.05) is 6.07 Å². The van der Waals surface area contributed by atoms with Gasteiger partial charge in [-0.3, -0.25) is 0 Å². The van der Waals surface area contributed by atoms with Gasteiger partial charge < -0.3 is 14.8 Å². The molecule has 0 aliphatic carbocycles. The number of rotatable bonds is 2. The molecule has 19 heavy (non-hydrogen) atoms. The lowest BCUT2D eigenvalue weighted by molar-refractivity contribution is 0.409. The molecule has 0 spiro atoms. The van der Waals surface area contributed by atoms with E-state index in [4.69, 9.17) is 4.74 Å². The minimum atomic E-state index is 0.174. The third kappa shape index (κ3) is 2.01. The Balaban J connectivity index is 2.18. The van der Waals surface area contributed by atoms with Crippen molar-refractivity contribution in [2.24, 2.45) is 0 Å². The standard InChI is InChI=1S/C15H14N2O2/c1-9-3-6-12-13(7-9)17-15(16-12)11-5-4-10(18)8-14(11)19-2/h3-8,18H,1-2H3,(H,16,17). The Morgan fingerprint density at radius 2 is 2.00 bits per heavy atom. The van der Waals surface area contributed by atoms with Crippen molar-refractivity contribution >= 4 is 11.0 Å². The van der Waals surface area contributed by atoms with Crippen LogP contribution in [0.5, 0.6) is 11.5 Å². The molecule has 0 saturated carbocycles. The predicted molar refractivity (Wildman–Crippen MR) is 74.5 cm³/mol. The first-order valence-electron chi connectivity index (χ1n) is 6.01. The largest absolute Gasteiger partial charge is 0.508 e. The van der Waals surface area contributed by atoms with Crippen molar-refractivity contribution in [2.75, 3.05) is 7.11 Å². The number of nitrogens with one attached hydrogen (secondary N) is 1. The van der Waals surface area contributed by atoms with Crippen LogP contribution in [0.4, 0.5) is 0 Å². The molecule has 2 N–H and O–H groups in total. The molecule has 3 aromatic rings. The van der Waals surface area contributed by atoms with Crippen LogP contribution in [0.25, 0.3) is 22.4 Å². The van der Waals surface area contributed by atoms with Gasteiger partial charge in [0.2, 0.25) is 0 Å². The lowest BCUT2D eigenvalue weighted by atomic mass is 10.2. The molecule has 0 radical (unpaired) electrons. The summed E-state index contributed by atoms with van der Waals surface area (Å²) in [6.45, 7) is 2.04. The summed E-state index contributed by atoms with van der Waals surface area (Å²) in [6, 6.07) is 11.1. The van der Waals surface area contributed by atoms with E-state index in [-0.39, 0.29) is 5.75 Å². The van der Waals surface area contributed by atoms with E-state index in [2.05, 4.69) is 16.0 Å². The quantitative estimate of drug-likeness (QED) is 0.738. The van der Waals surface area contributed by atoms with E-state index in [1.54, 1.807) is 25.3 Å². The fraction of sp³-hybridized carbons (Fsp3) is 0.133. The fourth-order valence-electron chi connectivity index (χ4n) is 2.13. The summed E-state index contributed by atoms with van der Waals surface area (Å²) in [5.41, 5.74) is 3.91. The van der Waals surface area contributed by atoms with Crippen molar-refractivity contribution in [3.8, 4) is 22.9 Å². The van der Waals surface area contributed by atoms with Crippen LogP contribution < -0.4 is 4.74 Å². The fourth-order valence-corrected chi connectivity index (χ4v) is 2.13. The van der Waals surface area contributed by atoms with Crippen LogP contribution >= 0.6 is 0 Å². The van der Waals surface area contributed by atoms with Crippen LogP contribution in [0, 0.1) is 6.92 Å². The molecule has 1 aromatic heterocycles. The smallest absolute Gasteiger partial charge is 0.142 e. The average molecular weight is 254 g/mol. The highest BCUT2D eigenvalue weighted by Crippen LogP contribution is 2.32. The van der Waals surface area contributed by atoms with E-state index in [1.165, 1.54) is 5.56 Å². The Bertz CT molecular complexity index is 747. The molecule has 0 bridgehead atoms. The van der Waals surface area contributed by atoms with Crippen molar-refractivity contribution in [3.63, 3.8) is 0 Å². The van der Waals surface area contributed by atoms with Crippen molar-refractivity contribution in [1.82, 2.24) is 9.97 Å². The van der Waals surface area contributed by atoms with Gasteiger partial charge in [0.25, 0.3) is 0 Å². The molecule has 1 heterocycles. The van der Waals surface area contributed by atoms with Crippen LogP contribution in [0.2, 0.25) is 0 Å². The van der Waals surface area contributed by atoms with Gasteiger partial charge in [0.1, 0.15) is 17.3 Å². The molecule has 4 heteroatoms. The Kier molecular flexibility index (Phi) is 2.63. The molecule has 0 saturated heterocycles. The topological polar surface area (TPSA) is 58.1 Å². The second-order valence-corrected chi connectivity index (χ2v) is 4.49. The summed E-state index contributed by atoms with van der Waals surface area (Å²) in [4.78, 5) is 7.82. The van der Waals surface area contributed by atoms with Crippen LogP contribution in [-0.2, 0) is 0 Å². The first-order valence-corrected chi connectivity index (χ1v) is 6.01. The minimum Gasteiger partial charge on any atom is -0.508 e. The van der Waals surface area contributed by atoms with Crippen molar-refractivity contribution in [3.05, 3.63) is 42.0 Å². The highest BCUT2D eigenvalue weighted by molar-refractivity contribution is 5.81. The van der Waals surface area contributed by atoms with Crippen LogP contribution in [0.15, 0.2) is 36.4 Å². The van der Waals surface area contributed by atoms with Crippen molar-refractivity contribution < 1.29 is 9.84 Å². The molecule has 4 nitrogen and oxygen atoms in total. The summed E-state index contributed by atoms with van der Waals surface area (Å²) in [7, 11) is 1.57. The van der Waals surface area contributed by atoms with E-state index in [0.717, 1.165) is 22.4 Å². The SMILES string of the molecule is COc1cc(O)ccc1-c1nc2ccc(C)cc2[nH]1. The molecular formula is C15H14N2O2. The number of aromatic amines is 1. The Labute approximate surface area is 110 Å². The predicted octanol–water partition coefficient (Wildman–Crippen LogP) is 3.25. The molecular weight excluding hydrogens is 240 g/mol. The van der Waals surface area contributed by atoms with Gasteiger partial charge in [0.15, 0.2) is 0 Å². The van der Waals surface area contributed by atoms with Gasteiger partial charge in [-0.05, 0) is 36.8 Å². The summed E-state index contributed by atoms with van der Waals surface area (Å²) in [6.07, 6.45) is 0. The molecule has 3 rings (SSSR count). The Morgan fingerprint density at radius 1 is 1.16 bits per heavy atom. The molecule has 0 atom stereocenters. The number of hydrogen-bond acceptors (Lipinski definition) is 3. The first-order chi connectivity index (χ1) is 9.17. The molecule has 96 valence electrons. The number of benzene rings is 2. The van der Waals surface area contributed by atoms with Gasteiger partial charge in [0.05, 0.1) is 23.7 Å². The highest BCUT2D eigenvalue weighted by atomic mass is 16.5. The monoisotopic (exact) mass is 254 g/mol. The summed E-state index contributed by atoms with van der Waals surface area (Å²) in [5, 5.41) is 9.48. The van der Waals surface area contributed by atoms with E-state index in [0.29, 0.717) is 5.75 Å². The first kappa shape index (κ1) is 11.6. The molecule has 2 aromatic carbocycles. The number of nitrogens with zero attached hydrogens (tertiary/aromatic N) is 1. The van der Waals surface area contributed by atoms with Gasteiger partial charge in [-0.1, -0.05) is 6.07 Å². The Morgan fingerprint density at radius 3 is 2.79 bits per heavy atom. The van der Waals surface area contributed by atoms with Crippen molar-refractivity contribution in [2.45, 2.75) is 6.92 Å². The minimum absolute atomic E-state index is 0.174. The van der Waals surface area contributed by atoms with Crippen LogP contribution in [0.1, 0.15) is 5.56 Å². The molecule has 0 unspecified atom stereocenters. The van der Waals surface area contributed by atoms with Gasteiger partial charge in [-0.2, -0.15) is 0 Å². The lowest BCUT2D eigenvalue weighted by Crippen LogP contribution is -1.88. The van der Waals surface area contributed by atoms with Gasteiger partial charge in [-0.15, -0.1) is 0 Å². The second-order valence-electron chi connectivity index (χ2n) is 4.49. The zero-order chi connectivity index (χ0) is 13.4. The number of imidazole rings is 1. The number of phenols is 1. The number of H-pyrrole nitrogens is 1. The third-order valence-electron chi connectivity index (χ3n) is 3.08. The number of aromatic nitrogens is 2. The highest BCUT2D eigenvalue weighted by Gasteiger charge is 2.11. The van der Waals surface area contributed by atoms with E-state index < -0.39 is 0 Å². The van der Waals surface area contributed by atoms with Crippen molar-refractivity contribution in [1.29, 1.82) is 0 Å². The van der Waals surface area contributed by atoms with Gasteiger partial charge >= 0.3 is 0 Å². The second kappa shape index (κ2) is 4.31. The number of ether oxygens (including phenoxy) is 1. The van der Waals surface area contributed by atoms with E-state index >= 15 is 0 Å². The molecule has 0 aliphatic rings. The van der Waals surface area contributed by atoms with E-state index in [1.807, 2.05) is 19.1 Å². The number of methoxy groups -OCH3 is 1. The maximum atomic E-state index is 9.48. The lowest BCUT2D eigenvalue weighted by Gasteiger charge is -2.06. The van der Waals surface area contributed by atoms with Gasteiger partial charge in [-0.25, -0.2) is 4.98 Å².